The third-order valence-electron chi connectivity index (χ3n) is 3.11. The predicted molar refractivity (Wildman–Crippen MR) is 87.9 cm³/mol. The van der Waals surface area contributed by atoms with Gasteiger partial charge in [-0.25, -0.2) is 0 Å². The molecule has 0 N–H and O–H groups in total. The van der Waals surface area contributed by atoms with Crippen LogP contribution in [0.2, 0.25) is 0 Å². The normalized spacial score (nSPS) is 10.4. The summed E-state index contributed by atoms with van der Waals surface area (Å²) in [6.45, 7) is 0. The standard InChI is InChI=1S/C16H12N4O2S/c21-20(22)14-6-4-12(5-7-14)15-8-9-16(19-18-15)23-11-13-3-1-2-10-17-13/h1-10H,11H2. The summed E-state index contributed by atoms with van der Waals surface area (Å²) >= 11 is 1.56. The largest absolute Gasteiger partial charge is 0.269 e. The summed E-state index contributed by atoms with van der Waals surface area (Å²) in [5.74, 6) is 0.729. The molecule has 0 aliphatic carbocycles. The van der Waals surface area contributed by atoms with Gasteiger partial charge in [-0.3, -0.25) is 15.1 Å². The molecule has 0 aliphatic heterocycles. The molecule has 0 fully saturated rings. The average Bonchev–Trinajstić information content (AvgIpc) is 2.61. The zero-order valence-electron chi connectivity index (χ0n) is 12.0. The van der Waals surface area contributed by atoms with Gasteiger partial charge in [-0.15, -0.1) is 10.2 Å². The summed E-state index contributed by atoms with van der Waals surface area (Å²) < 4.78 is 0. The molecular weight excluding hydrogens is 312 g/mol. The number of hydrogen-bond donors (Lipinski definition) is 0. The molecule has 0 radical (unpaired) electrons. The van der Waals surface area contributed by atoms with Crippen LogP contribution in [0.1, 0.15) is 5.69 Å². The van der Waals surface area contributed by atoms with Crippen molar-refractivity contribution in [3.63, 3.8) is 0 Å². The third kappa shape index (κ3) is 3.89. The summed E-state index contributed by atoms with van der Waals surface area (Å²) in [6, 6.07) is 15.8. The first kappa shape index (κ1) is 15.1. The molecule has 0 atom stereocenters. The van der Waals surface area contributed by atoms with Crippen molar-refractivity contribution < 1.29 is 4.92 Å². The number of pyridine rings is 1. The number of nitrogens with zero attached hydrogens (tertiary/aromatic N) is 4. The number of nitro benzene ring substituents is 1. The molecule has 6 nitrogen and oxygen atoms in total. The molecule has 114 valence electrons. The van der Waals surface area contributed by atoms with E-state index >= 15 is 0 Å². The highest BCUT2D eigenvalue weighted by molar-refractivity contribution is 7.98. The molecule has 0 saturated carbocycles. The fourth-order valence-corrected chi connectivity index (χ4v) is 2.67. The van der Waals surface area contributed by atoms with E-state index in [4.69, 9.17) is 0 Å². The van der Waals surface area contributed by atoms with Crippen molar-refractivity contribution in [1.29, 1.82) is 0 Å². The van der Waals surface area contributed by atoms with E-state index in [-0.39, 0.29) is 5.69 Å². The molecule has 3 aromatic rings. The number of non-ortho nitro benzene ring substituents is 1. The molecule has 0 spiro atoms. The van der Waals surface area contributed by atoms with E-state index in [0.717, 1.165) is 22.0 Å². The van der Waals surface area contributed by atoms with Gasteiger partial charge in [0.2, 0.25) is 0 Å². The minimum absolute atomic E-state index is 0.0595. The summed E-state index contributed by atoms with van der Waals surface area (Å²) in [7, 11) is 0. The van der Waals surface area contributed by atoms with Crippen LogP contribution in [0.25, 0.3) is 11.3 Å². The van der Waals surface area contributed by atoms with Crippen LogP contribution in [0, 0.1) is 10.1 Å². The van der Waals surface area contributed by atoms with Gasteiger partial charge in [0.1, 0.15) is 5.03 Å². The highest BCUT2D eigenvalue weighted by Gasteiger charge is 2.07. The number of rotatable bonds is 5. The van der Waals surface area contributed by atoms with Crippen molar-refractivity contribution in [2.24, 2.45) is 0 Å². The molecule has 3 rings (SSSR count). The van der Waals surface area contributed by atoms with Crippen molar-refractivity contribution in [2.75, 3.05) is 0 Å². The lowest BCUT2D eigenvalue weighted by Crippen LogP contribution is -1.92. The Morgan fingerprint density at radius 2 is 1.83 bits per heavy atom. The quantitative estimate of drug-likeness (QED) is 0.404. The van der Waals surface area contributed by atoms with Crippen LogP contribution < -0.4 is 0 Å². The molecule has 7 heteroatoms. The van der Waals surface area contributed by atoms with Gasteiger partial charge in [0.25, 0.3) is 5.69 Å². The van der Waals surface area contributed by atoms with Gasteiger partial charge in [0, 0.05) is 29.6 Å². The number of thioether (sulfide) groups is 1. The first-order valence-corrected chi connectivity index (χ1v) is 7.82. The van der Waals surface area contributed by atoms with E-state index in [0.29, 0.717) is 5.69 Å². The molecule has 0 bridgehead atoms. The van der Waals surface area contributed by atoms with E-state index in [2.05, 4.69) is 15.2 Å². The van der Waals surface area contributed by atoms with Gasteiger partial charge >= 0.3 is 0 Å². The maximum Gasteiger partial charge on any atom is 0.269 e. The van der Waals surface area contributed by atoms with Gasteiger partial charge in [0.15, 0.2) is 0 Å². The first-order valence-electron chi connectivity index (χ1n) is 6.83. The maximum absolute atomic E-state index is 10.7. The third-order valence-corrected chi connectivity index (χ3v) is 4.06. The summed E-state index contributed by atoms with van der Waals surface area (Å²) in [6.07, 6.45) is 1.76. The Kier molecular flexibility index (Phi) is 4.58. The summed E-state index contributed by atoms with van der Waals surface area (Å²) in [4.78, 5) is 14.5. The molecule has 2 aromatic heterocycles. The van der Waals surface area contributed by atoms with Crippen LogP contribution in [0.4, 0.5) is 5.69 Å². The molecule has 23 heavy (non-hydrogen) atoms. The molecule has 0 aliphatic rings. The van der Waals surface area contributed by atoms with Crippen molar-refractivity contribution in [3.05, 3.63) is 76.6 Å². The van der Waals surface area contributed by atoms with Crippen LogP contribution in [-0.4, -0.2) is 20.1 Å². The monoisotopic (exact) mass is 324 g/mol. The van der Waals surface area contributed by atoms with Crippen molar-refractivity contribution in [2.45, 2.75) is 10.8 Å². The number of hydrogen-bond acceptors (Lipinski definition) is 6. The van der Waals surface area contributed by atoms with Gasteiger partial charge in [-0.2, -0.15) is 0 Å². The van der Waals surface area contributed by atoms with Crippen LogP contribution in [0.3, 0.4) is 0 Å². The fourth-order valence-electron chi connectivity index (χ4n) is 1.94. The average molecular weight is 324 g/mol. The van der Waals surface area contributed by atoms with Crippen LogP contribution in [0.15, 0.2) is 65.8 Å². The predicted octanol–water partition coefficient (Wildman–Crippen LogP) is 3.74. The highest BCUT2D eigenvalue weighted by Crippen LogP contribution is 2.23. The number of aromatic nitrogens is 3. The second-order valence-electron chi connectivity index (χ2n) is 4.67. The Bertz CT molecular complexity index is 793. The highest BCUT2D eigenvalue weighted by atomic mass is 32.2. The Labute approximate surface area is 136 Å². The van der Waals surface area contributed by atoms with Gasteiger partial charge in [-0.1, -0.05) is 17.8 Å². The Morgan fingerprint density at radius 1 is 1.00 bits per heavy atom. The Balaban J connectivity index is 1.68. The van der Waals surface area contributed by atoms with Gasteiger partial charge in [0.05, 0.1) is 16.3 Å². The fraction of sp³-hybridized carbons (Fsp3) is 0.0625. The Morgan fingerprint density at radius 3 is 2.43 bits per heavy atom. The van der Waals surface area contributed by atoms with Gasteiger partial charge in [-0.05, 0) is 36.4 Å². The van der Waals surface area contributed by atoms with E-state index in [1.54, 1.807) is 30.1 Å². The molecule has 0 amide bonds. The first-order chi connectivity index (χ1) is 11.2. The minimum Gasteiger partial charge on any atom is -0.260 e. The van der Waals surface area contributed by atoms with E-state index in [9.17, 15) is 10.1 Å². The molecular formula is C16H12N4O2S. The second-order valence-corrected chi connectivity index (χ2v) is 5.67. The van der Waals surface area contributed by atoms with E-state index < -0.39 is 4.92 Å². The summed E-state index contributed by atoms with van der Waals surface area (Å²) in [5, 5.41) is 19.8. The number of benzene rings is 1. The van der Waals surface area contributed by atoms with E-state index in [1.807, 2.05) is 30.3 Å². The lowest BCUT2D eigenvalue weighted by molar-refractivity contribution is -0.384. The van der Waals surface area contributed by atoms with E-state index in [1.165, 1.54) is 12.1 Å². The van der Waals surface area contributed by atoms with Crippen molar-refractivity contribution >= 4 is 17.4 Å². The zero-order valence-corrected chi connectivity index (χ0v) is 12.8. The summed E-state index contributed by atoms with van der Waals surface area (Å²) in [5.41, 5.74) is 2.52. The number of nitro groups is 1. The topological polar surface area (TPSA) is 81.8 Å². The van der Waals surface area contributed by atoms with Gasteiger partial charge < -0.3 is 0 Å². The molecule has 2 heterocycles. The van der Waals surface area contributed by atoms with Crippen molar-refractivity contribution in [3.8, 4) is 11.3 Å². The van der Waals surface area contributed by atoms with Crippen molar-refractivity contribution in [1.82, 2.24) is 15.2 Å². The smallest absolute Gasteiger partial charge is 0.260 e. The lowest BCUT2D eigenvalue weighted by Gasteiger charge is -2.02. The van der Waals surface area contributed by atoms with Crippen LogP contribution in [-0.2, 0) is 5.75 Å². The maximum atomic E-state index is 10.7. The minimum atomic E-state index is -0.424. The molecule has 1 aromatic carbocycles. The molecule has 0 unspecified atom stereocenters. The lowest BCUT2D eigenvalue weighted by atomic mass is 10.1. The molecule has 0 saturated heterocycles. The zero-order chi connectivity index (χ0) is 16.1. The SMILES string of the molecule is O=[N+]([O-])c1ccc(-c2ccc(SCc3ccccn3)nn2)cc1. The Hall–Kier alpha value is -2.80. The second kappa shape index (κ2) is 6.97. The van der Waals surface area contributed by atoms with Crippen LogP contribution >= 0.6 is 11.8 Å². The van der Waals surface area contributed by atoms with Crippen LogP contribution in [0.5, 0.6) is 0 Å².